The number of esters is 2. The van der Waals surface area contributed by atoms with Crippen LogP contribution in [0.25, 0.3) is 0 Å². The van der Waals surface area contributed by atoms with Gasteiger partial charge in [-0.25, -0.2) is 4.79 Å². The van der Waals surface area contributed by atoms with Crippen molar-refractivity contribution in [3.63, 3.8) is 0 Å². The van der Waals surface area contributed by atoms with E-state index in [0.717, 1.165) is 18.3 Å². The third-order valence-corrected chi connectivity index (χ3v) is 4.95. The van der Waals surface area contributed by atoms with Gasteiger partial charge in [0.05, 0.1) is 5.92 Å². The summed E-state index contributed by atoms with van der Waals surface area (Å²) in [7, 11) is 0. The second-order valence-electron chi connectivity index (χ2n) is 6.73. The number of carbonyl (C=O) groups excluding carboxylic acids is 3. The predicted octanol–water partition coefficient (Wildman–Crippen LogP) is 3.30. The first-order chi connectivity index (χ1) is 12.0. The highest BCUT2D eigenvalue weighted by atomic mass is 16.6. The first-order valence-electron chi connectivity index (χ1n) is 8.84. The zero-order valence-electron chi connectivity index (χ0n) is 15.0. The molecule has 2 rings (SSSR count). The number of hydrogen-bond donors (Lipinski definition) is 0. The molecular weight excluding hydrogens is 320 g/mol. The standard InChI is InChI=1S/C20H26O5/c1-4-13(2)19(22)24-12-15-6-5-7-16(11-21)10-18-17(9-8-15)14(3)20(23)25-18/h7-8,11,13,17-18H,3-6,9-10,12H2,1-2H3. The van der Waals surface area contributed by atoms with E-state index in [9.17, 15) is 14.4 Å². The molecule has 0 aromatic carbocycles. The van der Waals surface area contributed by atoms with Crippen molar-refractivity contribution in [1.29, 1.82) is 0 Å². The largest absolute Gasteiger partial charge is 0.461 e. The summed E-state index contributed by atoms with van der Waals surface area (Å²) in [6.07, 6.45) is 7.52. The Hall–Kier alpha value is -2.17. The van der Waals surface area contributed by atoms with Gasteiger partial charge in [-0.2, -0.15) is 0 Å². The summed E-state index contributed by atoms with van der Waals surface area (Å²) in [5, 5.41) is 0. The van der Waals surface area contributed by atoms with Gasteiger partial charge in [-0.05, 0) is 36.8 Å². The second kappa shape index (κ2) is 8.79. The summed E-state index contributed by atoms with van der Waals surface area (Å²) in [6.45, 7) is 7.87. The van der Waals surface area contributed by atoms with Gasteiger partial charge >= 0.3 is 11.9 Å². The molecule has 1 fully saturated rings. The molecule has 0 radical (unpaired) electrons. The molecule has 1 saturated heterocycles. The fourth-order valence-electron chi connectivity index (χ4n) is 3.00. The maximum Gasteiger partial charge on any atom is 0.334 e. The van der Waals surface area contributed by atoms with Crippen LogP contribution in [-0.4, -0.2) is 30.9 Å². The van der Waals surface area contributed by atoms with Crippen LogP contribution in [0.2, 0.25) is 0 Å². The predicted molar refractivity (Wildman–Crippen MR) is 93.6 cm³/mol. The Balaban J connectivity index is 2.12. The van der Waals surface area contributed by atoms with Crippen LogP contribution in [-0.2, 0) is 23.9 Å². The number of carbonyl (C=O) groups is 3. The number of ether oxygens (including phenoxy) is 2. The van der Waals surface area contributed by atoms with E-state index in [2.05, 4.69) is 6.58 Å². The van der Waals surface area contributed by atoms with Crippen molar-refractivity contribution in [2.75, 3.05) is 6.61 Å². The summed E-state index contributed by atoms with van der Waals surface area (Å²) < 4.78 is 10.8. The van der Waals surface area contributed by atoms with Gasteiger partial charge in [0.25, 0.3) is 0 Å². The molecule has 0 spiro atoms. The van der Waals surface area contributed by atoms with Crippen LogP contribution in [0.3, 0.4) is 0 Å². The maximum absolute atomic E-state index is 11.9. The molecule has 3 atom stereocenters. The number of rotatable bonds is 5. The van der Waals surface area contributed by atoms with Gasteiger partial charge in [-0.3, -0.25) is 9.59 Å². The molecule has 0 saturated carbocycles. The van der Waals surface area contributed by atoms with E-state index in [4.69, 9.17) is 9.47 Å². The molecule has 1 heterocycles. The lowest BCUT2D eigenvalue weighted by Gasteiger charge is -2.19. The van der Waals surface area contributed by atoms with Crippen LogP contribution in [0, 0.1) is 11.8 Å². The minimum atomic E-state index is -0.391. The highest BCUT2D eigenvalue weighted by Gasteiger charge is 2.38. The van der Waals surface area contributed by atoms with Crippen molar-refractivity contribution in [3.8, 4) is 0 Å². The normalized spacial score (nSPS) is 25.2. The fraction of sp³-hybridized carbons (Fsp3) is 0.550. The van der Waals surface area contributed by atoms with E-state index >= 15 is 0 Å². The highest BCUT2D eigenvalue weighted by molar-refractivity contribution is 5.91. The van der Waals surface area contributed by atoms with E-state index in [1.54, 1.807) is 0 Å². The first kappa shape index (κ1) is 19.2. The Bertz CT molecular complexity index is 614. The van der Waals surface area contributed by atoms with E-state index in [1.165, 1.54) is 0 Å². The average Bonchev–Trinajstić information content (AvgIpc) is 2.88. The molecule has 25 heavy (non-hydrogen) atoms. The van der Waals surface area contributed by atoms with Crippen molar-refractivity contribution in [1.82, 2.24) is 0 Å². The number of fused-ring (bicyclic) bond motifs is 1. The van der Waals surface area contributed by atoms with Gasteiger partial charge in [0.2, 0.25) is 0 Å². The van der Waals surface area contributed by atoms with Gasteiger partial charge in [0.15, 0.2) is 0 Å². The Morgan fingerprint density at radius 3 is 2.92 bits per heavy atom. The van der Waals surface area contributed by atoms with Crippen molar-refractivity contribution in [3.05, 3.63) is 35.5 Å². The molecule has 0 bridgehead atoms. The van der Waals surface area contributed by atoms with Gasteiger partial charge in [-0.15, -0.1) is 0 Å². The monoisotopic (exact) mass is 346 g/mol. The zero-order chi connectivity index (χ0) is 18.4. The van der Waals surface area contributed by atoms with Crippen molar-refractivity contribution < 1.29 is 23.9 Å². The molecule has 0 aromatic heterocycles. The van der Waals surface area contributed by atoms with Crippen molar-refractivity contribution in [2.45, 2.75) is 52.1 Å². The molecule has 0 amide bonds. The van der Waals surface area contributed by atoms with E-state index in [-0.39, 0.29) is 30.5 Å². The molecule has 5 heteroatoms. The molecule has 136 valence electrons. The molecule has 3 unspecified atom stereocenters. The smallest absolute Gasteiger partial charge is 0.334 e. The zero-order valence-corrected chi connectivity index (χ0v) is 15.0. The van der Waals surface area contributed by atoms with E-state index in [1.807, 2.05) is 26.0 Å². The Morgan fingerprint density at radius 2 is 2.24 bits per heavy atom. The van der Waals surface area contributed by atoms with Crippen molar-refractivity contribution >= 4 is 18.2 Å². The number of aldehydes is 1. The van der Waals surface area contributed by atoms with Crippen LogP contribution in [0.15, 0.2) is 35.5 Å². The molecule has 2 aliphatic rings. The topological polar surface area (TPSA) is 69.7 Å². The van der Waals surface area contributed by atoms with E-state index < -0.39 is 5.97 Å². The second-order valence-corrected chi connectivity index (χ2v) is 6.73. The molecule has 0 N–H and O–H groups in total. The Labute approximate surface area is 148 Å². The lowest BCUT2D eigenvalue weighted by atomic mass is 9.88. The van der Waals surface area contributed by atoms with E-state index in [0.29, 0.717) is 36.8 Å². The summed E-state index contributed by atoms with van der Waals surface area (Å²) in [5.41, 5.74) is 2.07. The third kappa shape index (κ3) is 4.91. The lowest BCUT2D eigenvalue weighted by Crippen LogP contribution is -2.19. The highest BCUT2D eigenvalue weighted by Crippen LogP contribution is 2.34. The molecule has 1 aliphatic heterocycles. The fourth-order valence-corrected chi connectivity index (χ4v) is 3.00. The lowest BCUT2D eigenvalue weighted by molar-refractivity contribution is -0.147. The SMILES string of the molecule is C=C1C(=O)OC2CC(C=O)=CCCC(COC(=O)C(C)CC)=CCC12. The molecule has 5 nitrogen and oxygen atoms in total. The Kier molecular flexibility index (Phi) is 6.73. The minimum Gasteiger partial charge on any atom is -0.461 e. The summed E-state index contributed by atoms with van der Waals surface area (Å²) in [5.74, 6) is -0.857. The van der Waals surface area contributed by atoms with Crippen LogP contribution in [0.4, 0.5) is 0 Å². The minimum absolute atomic E-state index is 0.119. The van der Waals surface area contributed by atoms with Crippen LogP contribution < -0.4 is 0 Å². The number of hydrogen-bond acceptors (Lipinski definition) is 5. The van der Waals surface area contributed by atoms with Gasteiger partial charge in [-0.1, -0.05) is 32.6 Å². The van der Waals surface area contributed by atoms with Crippen LogP contribution in [0.1, 0.15) is 46.0 Å². The molecular formula is C20H26O5. The number of allylic oxidation sites excluding steroid dienone is 2. The maximum atomic E-state index is 11.9. The average molecular weight is 346 g/mol. The van der Waals surface area contributed by atoms with Crippen molar-refractivity contribution in [2.24, 2.45) is 11.8 Å². The molecule has 0 aromatic rings. The Morgan fingerprint density at radius 1 is 1.48 bits per heavy atom. The quantitative estimate of drug-likeness (QED) is 0.331. The van der Waals surface area contributed by atoms with Crippen LogP contribution >= 0.6 is 0 Å². The third-order valence-electron chi connectivity index (χ3n) is 4.95. The first-order valence-corrected chi connectivity index (χ1v) is 8.84. The summed E-state index contributed by atoms with van der Waals surface area (Å²) in [4.78, 5) is 35.0. The molecule has 1 aliphatic carbocycles. The van der Waals surface area contributed by atoms with Gasteiger partial charge < -0.3 is 9.47 Å². The summed E-state index contributed by atoms with van der Waals surface area (Å²) >= 11 is 0. The van der Waals surface area contributed by atoms with Gasteiger partial charge in [0, 0.05) is 17.9 Å². The van der Waals surface area contributed by atoms with Crippen LogP contribution in [0.5, 0.6) is 0 Å². The van der Waals surface area contributed by atoms with Gasteiger partial charge in [0.1, 0.15) is 19.0 Å². The summed E-state index contributed by atoms with van der Waals surface area (Å²) in [6, 6.07) is 0.